The van der Waals surface area contributed by atoms with Crippen LogP contribution in [0.4, 0.5) is 19.0 Å². The molecule has 0 atom stereocenters. The lowest BCUT2D eigenvalue weighted by Gasteiger charge is -2.33. The molecule has 0 spiro atoms. The molecule has 3 heterocycles. The fourth-order valence-corrected chi connectivity index (χ4v) is 3.14. The van der Waals surface area contributed by atoms with Gasteiger partial charge in [-0.05, 0) is 46.6 Å². The molecule has 0 saturated carbocycles. The summed E-state index contributed by atoms with van der Waals surface area (Å²) in [6, 6.07) is 3.70. The number of pyridine rings is 1. The number of nitrogens with zero attached hydrogens (tertiary/aromatic N) is 2. The molecule has 138 valence electrons. The average molecular weight is 356 g/mol. The number of piperidine rings is 1. The predicted octanol–water partition coefficient (Wildman–Crippen LogP) is 3.16. The number of hydrogen-bond acceptors (Lipinski definition) is 4. The van der Waals surface area contributed by atoms with Crippen LogP contribution in [0.3, 0.4) is 0 Å². The number of aromatic nitrogens is 1. The zero-order valence-corrected chi connectivity index (χ0v) is 15.1. The Kier molecular flexibility index (Phi) is 4.56. The number of hydrogen-bond donors (Lipinski definition) is 0. The molecule has 0 aliphatic carbocycles. The van der Waals surface area contributed by atoms with Gasteiger partial charge >= 0.3 is 13.3 Å². The third-order valence-corrected chi connectivity index (χ3v) is 5.58. The number of alkyl halides is 3. The van der Waals surface area contributed by atoms with Gasteiger partial charge in [-0.15, -0.1) is 0 Å². The van der Waals surface area contributed by atoms with Gasteiger partial charge < -0.3 is 14.2 Å². The van der Waals surface area contributed by atoms with E-state index in [2.05, 4.69) is 4.98 Å². The van der Waals surface area contributed by atoms with E-state index in [4.69, 9.17) is 9.31 Å². The summed E-state index contributed by atoms with van der Waals surface area (Å²) in [5, 5.41) is 0. The maximum absolute atomic E-state index is 12.8. The third-order valence-electron chi connectivity index (χ3n) is 5.58. The monoisotopic (exact) mass is 356 g/mol. The fraction of sp³-hybridized carbons (Fsp3) is 0.706. The van der Waals surface area contributed by atoms with Crippen molar-refractivity contribution >= 4 is 18.4 Å². The number of rotatable bonds is 2. The smallest absolute Gasteiger partial charge is 0.399 e. The molecular formula is C17H24BF3N2O2. The molecule has 8 heteroatoms. The van der Waals surface area contributed by atoms with E-state index >= 15 is 0 Å². The van der Waals surface area contributed by atoms with Gasteiger partial charge in [-0.2, -0.15) is 13.2 Å². The summed E-state index contributed by atoms with van der Waals surface area (Å²) < 4.78 is 50.3. The molecular weight excluding hydrogens is 332 g/mol. The van der Waals surface area contributed by atoms with Crippen LogP contribution < -0.4 is 10.4 Å². The van der Waals surface area contributed by atoms with E-state index in [0.29, 0.717) is 18.9 Å². The van der Waals surface area contributed by atoms with Crippen molar-refractivity contribution in [2.24, 2.45) is 5.92 Å². The van der Waals surface area contributed by atoms with Crippen molar-refractivity contribution in [2.75, 3.05) is 18.0 Å². The second kappa shape index (κ2) is 6.16. The predicted molar refractivity (Wildman–Crippen MR) is 90.9 cm³/mol. The van der Waals surface area contributed by atoms with E-state index in [-0.39, 0.29) is 12.8 Å². The van der Waals surface area contributed by atoms with Crippen molar-refractivity contribution in [2.45, 2.75) is 57.9 Å². The minimum atomic E-state index is -4.10. The van der Waals surface area contributed by atoms with Crippen LogP contribution in [0.5, 0.6) is 0 Å². The summed E-state index contributed by atoms with van der Waals surface area (Å²) in [4.78, 5) is 6.31. The van der Waals surface area contributed by atoms with Gasteiger partial charge in [-0.1, -0.05) is 6.07 Å². The quantitative estimate of drug-likeness (QED) is 0.763. The van der Waals surface area contributed by atoms with Gasteiger partial charge in [-0.3, -0.25) is 0 Å². The molecule has 0 N–H and O–H groups in total. The van der Waals surface area contributed by atoms with E-state index in [1.54, 1.807) is 6.20 Å². The summed E-state index contributed by atoms with van der Waals surface area (Å²) in [7, 11) is -0.484. The van der Waals surface area contributed by atoms with Gasteiger partial charge in [0.25, 0.3) is 0 Å². The zero-order chi connectivity index (χ0) is 18.5. The molecule has 4 nitrogen and oxygen atoms in total. The number of anilines is 1. The van der Waals surface area contributed by atoms with Gasteiger partial charge in [-0.25, -0.2) is 4.98 Å². The van der Waals surface area contributed by atoms with Crippen LogP contribution in [0.15, 0.2) is 18.3 Å². The second-order valence-corrected chi connectivity index (χ2v) is 7.84. The molecule has 1 aromatic heterocycles. The van der Waals surface area contributed by atoms with Crippen LogP contribution >= 0.6 is 0 Å². The Balaban J connectivity index is 1.64. The molecule has 2 saturated heterocycles. The van der Waals surface area contributed by atoms with Crippen molar-refractivity contribution in [3.63, 3.8) is 0 Å². The summed E-state index contributed by atoms with van der Waals surface area (Å²) >= 11 is 0. The lowest BCUT2D eigenvalue weighted by atomic mass is 9.80. The van der Waals surface area contributed by atoms with Gasteiger partial charge in [0.1, 0.15) is 5.82 Å². The maximum atomic E-state index is 12.8. The van der Waals surface area contributed by atoms with E-state index in [1.165, 1.54) is 0 Å². The lowest BCUT2D eigenvalue weighted by Crippen LogP contribution is -2.41. The largest absolute Gasteiger partial charge is 0.496 e. The summed E-state index contributed by atoms with van der Waals surface area (Å²) in [6.07, 6.45) is -2.18. The molecule has 0 unspecified atom stereocenters. The first-order chi connectivity index (χ1) is 11.5. The van der Waals surface area contributed by atoms with E-state index in [9.17, 15) is 13.2 Å². The molecule has 0 bridgehead atoms. The van der Waals surface area contributed by atoms with Crippen molar-refractivity contribution < 1.29 is 22.5 Å². The van der Waals surface area contributed by atoms with E-state index in [0.717, 1.165) is 5.46 Å². The normalized spacial score (nSPS) is 24.0. The van der Waals surface area contributed by atoms with Crippen LogP contribution in [0.2, 0.25) is 0 Å². The molecule has 3 rings (SSSR count). The molecule has 1 aromatic rings. The zero-order valence-electron chi connectivity index (χ0n) is 15.1. The van der Waals surface area contributed by atoms with Gasteiger partial charge in [0.2, 0.25) is 0 Å². The molecule has 0 radical (unpaired) electrons. The SMILES string of the molecule is CC1(C)OB(c2ccc(N3CCC(C(F)(F)F)CC3)nc2)OC1(C)C. The highest BCUT2D eigenvalue weighted by Crippen LogP contribution is 2.37. The molecule has 2 aliphatic rings. The van der Waals surface area contributed by atoms with Crippen molar-refractivity contribution in [1.29, 1.82) is 0 Å². The first-order valence-electron chi connectivity index (χ1n) is 8.63. The third kappa shape index (κ3) is 3.65. The van der Waals surface area contributed by atoms with Crippen molar-refractivity contribution in [3.8, 4) is 0 Å². The Morgan fingerprint density at radius 3 is 2.08 bits per heavy atom. The molecule has 0 amide bonds. The van der Waals surface area contributed by atoms with Crippen LogP contribution in [0, 0.1) is 5.92 Å². The van der Waals surface area contributed by atoms with Crippen LogP contribution in [-0.2, 0) is 9.31 Å². The Morgan fingerprint density at radius 2 is 1.64 bits per heavy atom. The summed E-state index contributed by atoms with van der Waals surface area (Å²) in [6.45, 7) is 8.68. The Bertz CT molecular complexity index is 595. The van der Waals surface area contributed by atoms with Crippen LogP contribution in [0.1, 0.15) is 40.5 Å². The van der Waals surface area contributed by atoms with Crippen molar-refractivity contribution in [3.05, 3.63) is 18.3 Å². The molecule has 2 fully saturated rings. The summed E-state index contributed by atoms with van der Waals surface area (Å²) in [5.74, 6) is -0.506. The second-order valence-electron chi connectivity index (χ2n) is 7.84. The molecule has 2 aliphatic heterocycles. The Hall–Kier alpha value is -1.28. The standard InChI is InChI=1S/C17H24BF3N2O2/c1-15(2)16(3,4)25-18(24-15)13-5-6-14(22-11-13)23-9-7-12(8-10-23)17(19,20)21/h5-6,11-12H,7-10H2,1-4H3. The average Bonchev–Trinajstić information content (AvgIpc) is 2.75. The highest BCUT2D eigenvalue weighted by molar-refractivity contribution is 6.62. The minimum Gasteiger partial charge on any atom is -0.399 e. The fourth-order valence-electron chi connectivity index (χ4n) is 3.14. The van der Waals surface area contributed by atoms with E-state index in [1.807, 2.05) is 44.7 Å². The van der Waals surface area contributed by atoms with Crippen LogP contribution in [0.25, 0.3) is 0 Å². The topological polar surface area (TPSA) is 34.6 Å². The van der Waals surface area contributed by atoms with Gasteiger partial charge in [0.15, 0.2) is 0 Å². The maximum Gasteiger partial charge on any atom is 0.496 e. The highest BCUT2D eigenvalue weighted by Gasteiger charge is 2.51. The first kappa shape index (κ1) is 18.5. The van der Waals surface area contributed by atoms with Gasteiger partial charge in [0, 0.05) is 24.7 Å². The Morgan fingerprint density at radius 1 is 1.08 bits per heavy atom. The molecule has 0 aromatic carbocycles. The first-order valence-corrected chi connectivity index (χ1v) is 8.63. The Labute approximate surface area is 146 Å². The minimum absolute atomic E-state index is 0.115. The number of halogens is 3. The van der Waals surface area contributed by atoms with Crippen LogP contribution in [-0.4, -0.2) is 42.6 Å². The summed E-state index contributed by atoms with van der Waals surface area (Å²) in [5.41, 5.74) is -0.0291. The highest BCUT2D eigenvalue weighted by atomic mass is 19.4. The van der Waals surface area contributed by atoms with Crippen molar-refractivity contribution in [1.82, 2.24) is 4.98 Å². The lowest BCUT2D eigenvalue weighted by molar-refractivity contribution is -0.179. The van der Waals surface area contributed by atoms with Gasteiger partial charge in [0.05, 0.1) is 17.1 Å². The van der Waals surface area contributed by atoms with E-state index < -0.39 is 30.4 Å². The molecule has 25 heavy (non-hydrogen) atoms.